The van der Waals surface area contributed by atoms with Crippen LogP contribution in [0.15, 0.2) is 12.4 Å². The summed E-state index contributed by atoms with van der Waals surface area (Å²) in [6.07, 6.45) is 4.22. The molecular weight excluding hydrogens is 320 g/mol. The Hall–Kier alpha value is -1.77. The van der Waals surface area contributed by atoms with Crippen LogP contribution >= 0.6 is 0 Å². The number of morpholine rings is 1. The van der Waals surface area contributed by atoms with Crippen LogP contribution in [0.4, 0.5) is 5.82 Å². The number of hydrogen-bond acceptors (Lipinski definition) is 7. The Morgan fingerprint density at radius 3 is 2.88 bits per heavy atom. The molecule has 8 nitrogen and oxygen atoms in total. The number of nitrogens with zero attached hydrogens (tertiary/aromatic N) is 6. The Labute approximate surface area is 147 Å². The molecule has 2 aliphatic rings. The highest BCUT2D eigenvalue weighted by atomic mass is 16.5. The van der Waals surface area contributed by atoms with Crippen LogP contribution in [0.3, 0.4) is 0 Å². The smallest absolute Gasteiger partial charge is 0.254 e. The minimum absolute atomic E-state index is 0.346. The van der Waals surface area contributed by atoms with Crippen LogP contribution in [-0.4, -0.2) is 76.5 Å². The number of piperidine rings is 1. The van der Waals surface area contributed by atoms with Crippen molar-refractivity contribution >= 4 is 11.6 Å². The van der Waals surface area contributed by atoms with Crippen molar-refractivity contribution < 1.29 is 9.47 Å². The predicted molar refractivity (Wildman–Crippen MR) is 93.7 cm³/mol. The summed E-state index contributed by atoms with van der Waals surface area (Å²) >= 11 is 0. The Balaban J connectivity index is 1.48. The maximum absolute atomic E-state index is 5.68. The summed E-state index contributed by atoms with van der Waals surface area (Å²) in [5.41, 5.74) is 0.891. The van der Waals surface area contributed by atoms with E-state index < -0.39 is 0 Å². The highest BCUT2D eigenvalue weighted by molar-refractivity contribution is 5.47. The Morgan fingerprint density at radius 1 is 1.28 bits per heavy atom. The van der Waals surface area contributed by atoms with Gasteiger partial charge in [0.2, 0.25) is 0 Å². The van der Waals surface area contributed by atoms with Crippen LogP contribution in [0.5, 0.6) is 0 Å². The van der Waals surface area contributed by atoms with Crippen LogP contribution in [0.2, 0.25) is 0 Å². The van der Waals surface area contributed by atoms with E-state index >= 15 is 0 Å². The van der Waals surface area contributed by atoms with Crippen LogP contribution in [-0.2, 0) is 16.1 Å². The molecule has 2 saturated heterocycles. The highest BCUT2D eigenvalue weighted by Gasteiger charge is 2.29. The Kier molecular flexibility index (Phi) is 4.82. The van der Waals surface area contributed by atoms with E-state index in [1.54, 1.807) is 13.4 Å². The molecule has 0 radical (unpaired) electrons. The summed E-state index contributed by atoms with van der Waals surface area (Å²) in [6.45, 7) is 7.63. The van der Waals surface area contributed by atoms with Crippen molar-refractivity contribution in [2.45, 2.75) is 38.5 Å². The molecule has 4 heterocycles. The van der Waals surface area contributed by atoms with Gasteiger partial charge in [0.05, 0.1) is 25.0 Å². The molecule has 25 heavy (non-hydrogen) atoms. The summed E-state index contributed by atoms with van der Waals surface area (Å²) in [6, 6.07) is 2.72. The Morgan fingerprint density at radius 2 is 2.12 bits per heavy atom. The molecule has 1 unspecified atom stereocenters. The molecule has 0 amide bonds. The van der Waals surface area contributed by atoms with E-state index in [1.165, 1.54) is 0 Å². The SMILES string of the molecule is COCc1cc(N2CCC(N3CCOC(C)C3)CC2)n2ncnc2n1. The van der Waals surface area contributed by atoms with Gasteiger partial charge in [0.1, 0.15) is 12.1 Å². The lowest BCUT2D eigenvalue weighted by Gasteiger charge is -2.42. The van der Waals surface area contributed by atoms with E-state index in [4.69, 9.17) is 9.47 Å². The van der Waals surface area contributed by atoms with Crippen LogP contribution in [0.1, 0.15) is 25.5 Å². The number of rotatable bonds is 4. The van der Waals surface area contributed by atoms with Gasteiger partial charge in [-0.1, -0.05) is 0 Å². The lowest BCUT2D eigenvalue weighted by Crippen LogP contribution is -2.51. The van der Waals surface area contributed by atoms with Gasteiger partial charge in [0.15, 0.2) is 0 Å². The number of ether oxygens (including phenoxy) is 2. The van der Waals surface area contributed by atoms with Crippen LogP contribution in [0, 0.1) is 0 Å². The molecule has 2 aromatic heterocycles. The zero-order chi connectivity index (χ0) is 17.2. The quantitative estimate of drug-likeness (QED) is 0.817. The van der Waals surface area contributed by atoms with Crippen molar-refractivity contribution in [1.29, 1.82) is 0 Å². The van der Waals surface area contributed by atoms with Gasteiger partial charge >= 0.3 is 0 Å². The minimum atomic E-state index is 0.346. The Bertz CT molecular complexity index is 712. The molecule has 1 atom stereocenters. The largest absolute Gasteiger partial charge is 0.378 e. The molecule has 2 aromatic rings. The fraction of sp³-hybridized carbons (Fsp3) is 0.706. The van der Waals surface area contributed by atoms with Crippen LogP contribution < -0.4 is 4.90 Å². The van der Waals surface area contributed by atoms with Gasteiger partial charge in [-0.3, -0.25) is 4.90 Å². The molecule has 0 bridgehead atoms. The third kappa shape index (κ3) is 3.47. The van der Waals surface area contributed by atoms with Crippen molar-refractivity contribution in [2.75, 3.05) is 44.8 Å². The second-order valence-corrected chi connectivity index (χ2v) is 6.91. The zero-order valence-corrected chi connectivity index (χ0v) is 15.0. The van der Waals surface area contributed by atoms with Crippen molar-refractivity contribution in [3.8, 4) is 0 Å². The normalized spacial score (nSPS) is 23.4. The summed E-state index contributed by atoms with van der Waals surface area (Å²) in [5.74, 6) is 1.69. The molecule has 0 N–H and O–H groups in total. The lowest BCUT2D eigenvalue weighted by molar-refractivity contribution is -0.0373. The number of hydrogen-bond donors (Lipinski definition) is 0. The highest BCUT2D eigenvalue weighted by Crippen LogP contribution is 2.24. The lowest BCUT2D eigenvalue weighted by atomic mass is 10.0. The van der Waals surface area contributed by atoms with Crippen molar-refractivity contribution in [3.63, 3.8) is 0 Å². The maximum atomic E-state index is 5.68. The molecule has 0 saturated carbocycles. The first-order valence-corrected chi connectivity index (χ1v) is 9.04. The average Bonchev–Trinajstić information content (AvgIpc) is 3.10. The fourth-order valence-corrected chi connectivity index (χ4v) is 3.93. The summed E-state index contributed by atoms with van der Waals surface area (Å²) in [4.78, 5) is 13.7. The van der Waals surface area contributed by atoms with E-state index in [2.05, 4.69) is 37.9 Å². The van der Waals surface area contributed by atoms with E-state index in [0.29, 0.717) is 24.5 Å². The standard InChI is InChI=1S/C17H26N6O2/c1-13-10-22(7-8-25-13)15-3-5-21(6-4-15)16-9-14(11-24-2)20-17-18-12-19-23(16)17/h9,12-13,15H,3-8,10-11H2,1-2H3. The monoisotopic (exact) mass is 346 g/mol. The third-order valence-corrected chi connectivity index (χ3v) is 5.16. The molecule has 0 spiro atoms. The van der Waals surface area contributed by atoms with E-state index in [-0.39, 0.29) is 0 Å². The number of methoxy groups -OCH3 is 1. The molecular formula is C17H26N6O2. The van der Waals surface area contributed by atoms with Gasteiger partial charge in [0, 0.05) is 45.4 Å². The third-order valence-electron chi connectivity index (χ3n) is 5.16. The van der Waals surface area contributed by atoms with Crippen molar-refractivity contribution in [3.05, 3.63) is 18.1 Å². The second kappa shape index (κ2) is 7.23. The van der Waals surface area contributed by atoms with Gasteiger partial charge in [-0.25, -0.2) is 4.98 Å². The topological polar surface area (TPSA) is 68.0 Å². The van der Waals surface area contributed by atoms with Gasteiger partial charge in [-0.15, -0.1) is 0 Å². The first-order valence-electron chi connectivity index (χ1n) is 9.04. The molecule has 2 fully saturated rings. The number of aromatic nitrogens is 4. The molecule has 8 heteroatoms. The van der Waals surface area contributed by atoms with Crippen molar-refractivity contribution in [1.82, 2.24) is 24.5 Å². The van der Waals surface area contributed by atoms with Gasteiger partial charge in [-0.05, 0) is 19.8 Å². The zero-order valence-electron chi connectivity index (χ0n) is 15.0. The first kappa shape index (κ1) is 16.7. The minimum Gasteiger partial charge on any atom is -0.378 e. The maximum Gasteiger partial charge on any atom is 0.254 e. The molecule has 2 aliphatic heterocycles. The molecule has 4 rings (SSSR count). The van der Waals surface area contributed by atoms with Crippen molar-refractivity contribution in [2.24, 2.45) is 0 Å². The van der Waals surface area contributed by atoms with E-state index in [1.807, 2.05) is 4.52 Å². The second-order valence-electron chi connectivity index (χ2n) is 6.91. The number of anilines is 1. The first-order chi connectivity index (χ1) is 12.2. The van der Waals surface area contributed by atoms with E-state index in [9.17, 15) is 0 Å². The average molecular weight is 346 g/mol. The van der Waals surface area contributed by atoms with E-state index in [0.717, 1.165) is 57.1 Å². The van der Waals surface area contributed by atoms with Gasteiger partial charge in [-0.2, -0.15) is 14.6 Å². The number of fused-ring (bicyclic) bond motifs is 1. The summed E-state index contributed by atoms with van der Waals surface area (Å²) in [5, 5.41) is 4.35. The molecule has 0 aromatic carbocycles. The summed E-state index contributed by atoms with van der Waals surface area (Å²) < 4.78 is 12.8. The fourth-order valence-electron chi connectivity index (χ4n) is 3.93. The van der Waals surface area contributed by atoms with Gasteiger partial charge in [0.25, 0.3) is 5.78 Å². The van der Waals surface area contributed by atoms with Crippen LogP contribution in [0.25, 0.3) is 5.78 Å². The summed E-state index contributed by atoms with van der Waals surface area (Å²) in [7, 11) is 1.68. The molecule has 136 valence electrons. The van der Waals surface area contributed by atoms with Gasteiger partial charge < -0.3 is 14.4 Å². The molecule has 0 aliphatic carbocycles. The predicted octanol–water partition coefficient (Wildman–Crippen LogP) is 0.960.